The van der Waals surface area contributed by atoms with Crippen LogP contribution in [0.3, 0.4) is 0 Å². The predicted octanol–water partition coefficient (Wildman–Crippen LogP) is 1.65. The third-order valence-corrected chi connectivity index (χ3v) is 4.38. The summed E-state index contributed by atoms with van der Waals surface area (Å²) >= 11 is 0. The van der Waals surface area contributed by atoms with Crippen LogP contribution in [0.15, 0.2) is 29.3 Å². The number of methoxy groups -OCH3 is 2. The van der Waals surface area contributed by atoms with E-state index < -0.39 is 0 Å². The number of aliphatic imine (C=N–C) groups is 1. The van der Waals surface area contributed by atoms with Gasteiger partial charge in [-0.3, -0.25) is 9.79 Å². The average molecular weight is 333 g/mol. The fourth-order valence-electron chi connectivity index (χ4n) is 3.11. The van der Waals surface area contributed by atoms with E-state index in [-0.39, 0.29) is 17.8 Å². The lowest BCUT2D eigenvalue weighted by Crippen LogP contribution is -2.40. The topological polar surface area (TPSA) is 63.2 Å². The lowest BCUT2D eigenvalue weighted by Gasteiger charge is -2.21. The molecule has 6 heteroatoms. The molecule has 0 aromatic heterocycles. The van der Waals surface area contributed by atoms with Crippen molar-refractivity contribution in [2.24, 2.45) is 16.8 Å². The van der Waals surface area contributed by atoms with E-state index in [1.54, 1.807) is 14.2 Å². The zero-order valence-corrected chi connectivity index (χ0v) is 14.9. The number of carbonyl (C=O) groups is 1. The number of benzene rings is 1. The molecule has 6 nitrogen and oxygen atoms in total. The standard InChI is InChI=1S/C18H27N3O3/c1-13-10-21(11-16(13)17(22)24-4)18(19-2)20-9-14-6-5-7-15(8-14)12-23-3/h5-8,13,16H,9-12H2,1-4H3,(H,19,20). The van der Waals surface area contributed by atoms with Crippen molar-refractivity contribution in [1.82, 2.24) is 10.2 Å². The van der Waals surface area contributed by atoms with Crippen LogP contribution >= 0.6 is 0 Å². The van der Waals surface area contributed by atoms with Crippen LogP contribution in [-0.2, 0) is 27.4 Å². The first kappa shape index (κ1) is 18.3. The predicted molar refractivity (Wildman–Crippen MR) is 93.6 cm³/mol. The summed E-state index contributed by atoms with van der Waals surface area (Å²) in [6, 6.07) is 8.27. The van der Waals surface area contributed by atoms with Gasteiger partial charge in [0.15, 0.2) is 5.96 Å². The molecule has 0 bridgehead atoms. The van der Waals surface area contributed by atoms with Gasteiger partial charge in [0.2, 0.25) is 0 Å². The number of rotatable bonds is 5. The van der Waals surface area contributed by atoms with Gasteiger partial charge in [0.1, 0.15) is 0 Å². The molecule has 1 aliphatic heterocycles. The highest BCUT2D eigenvalue weighted by Gasteiger charge is 2.36. The highest BCUT2D eigenvalue weighted by atomic mass is 16.5. The van der Waals surface area contributed by atoms with E-state index in [1.165, 1.54) is 12.7 Å². The molecule has 2 rings (SSSR count). The first-order chi connectivity index (χ1) is 11.6. The first-order valence-corrected chi connectivity index (χ1v) is 8.19. The van der Waals surface area contributed by atoms with Crippen molar-refractivity contribution in [1.29, 1.82) is 0 Å². The van der Waals surface area contributed by atoms with E-state index in [2.05, 4.69) is 34.3 Å². The van der Waals surface area contributed by atoms with Crippen molar-refractivity contribution in [3.8, 4) is 0 Å². The van der Waals surface area contributed by atoms with Gasteiger partial charge in [-0.05, 0) is 17.0 Å². The second-order valence-electron chi connectivity index (χ2n) is 6.17. The minimum atomic E-state index is -0.146. The largest absolute Gasteiger partial charge is 0.469 e. The van der Waals surface area contributed by atoms with Crippen LogP contribution in [0, 0.1) is 11.8 Å². The van der Waals surface area contributed by atoms with Crippen LogP contribution in [0.4, 0.5) is 0 Å². The zero-order chi connectivity index (χ0) is 17.5. The van der Waals surface area contributed by atoms with Crippen LogP contribution in [-0.4, -0.2) is 51.2 Å². The van der Waals surface area contributed by atoms with Crippen molar-refractivity contribution in [3.63, 3.8) is 0 Å². The Bertz CT molecular complexity index is 589. The van der Waals surface area contributed by atoms with Crippen LogP contribution < -0.4 is 5.32 Å². The Hall–Kier alpha value is -2.08. The van der Waals surface area contributed by atoms with Crippen LogP contribution in [0.2, 0.25) is 0 Å². The summed E-state index contributed by atoms with van der Waals surface area (Å²) in [7, 11) is 4.90. The number of esters is 1. The normalized spacial score (nSPS) is 21.0. The quantitative estimate of drug-likeness (QED) is 0.504. The number of likely N-dealkylation sites (tertiary alicyclic amines) is 1. The van der Waals surface area contributed by atoms with Gasteiger partial charge in [0.25, 0.3) is 0 Å². The number of hydrogen-bond acceptors (Lipinski definition) is 4. The molecule has 0 aliphatic carbocycles. The summed E-state index contributed by atoms with van der Waals surface area (Å²) in [5, 5.41) is 3.38. The van der Waals surface area contributed by atoms with Crippen molar-refractivity contribution in [2.45, 2.75) is 20.1 Å². The minimum Gasteiger partial charge on any atom is -0.469 e. The van der Waals surface area contributed by atoms with Crippen molar-refractivity contribution < 1.29 is 14.3 Å². The molecule has 1 aliphatic rings. The van der Waals surface area contributed by atoms with Gasteiger partial charge in [-0.1, -0.05) is 31.2 Å². The summed E-state index contributed by atoms with van der Waals surface area (Å²) in [6.45, 7) is 4.79. The Kier molecular flexibility index (Phi) is 6.61. The van der Waals surface area contributed by atoms with Gasteiger partial charge in [-0.25, -0.2) is 0 Å². The monoisotopic (exact) mass is 333 g/mol. The Balaban J connectivity index is 1.96. The Labute approximate surface area is 143 Å². The molecule has 1 N–H and O–H groups in total. The Morgan fingerprint density at radius 1 is 1.33 bits per heavy atom. The van der Waals surface area contributed by atoms with Gasteiger partial charge in [0.05, 0.1) is 19.6 Å². The van der Waals surface area contributed by atoms with Gasteiger partial charge in [-0.15, -0.1) is 0 Å². The first-order valence-electron chi connectivity index (χ1n) is 8.19. The smallest absolute Gasteiger partial charge is 0.310 e. The molecule has 24 heavy (non-hydrogen) atoms. The molecule has 0 saturated carbocycles. The van der Waals surface area contributed by atoms with E-state index in [0.717, 1.165) is 18.1 Å². The molecule has 2 atom stereocenters. The molecule has 1 heterocycles. The molecular formula is C18H27N3O3. The number of nitrogens with one attached hydrogen (secondary N) is 1. The van der Waals surface area contributed by atoms with Gasteiger partial charge in [-0.2, -0.15) is 0 Å². The van der Waals surface area contributed by atoms with Crippen molar-refractivity contribution in [3.05, 3.63) is 35.4 Å². The number of carbonyl (C=O) groups excluding carboxylic acids is 1. The lowest BCUT2D eigenvalue weighted by molar-refractivity contribution is -0.145. The second kappa shape index (κ2) is 8.68. The minimum absolute atomic E-state index is 0.0985. The zero-order valence-electron chi connectivity index (χ0n) is 14.9. The Morgan fingerprint density at radius 2 is 2.08 bits per heavy atom. The number of guanidine groups is 1. The molecular weight excluding hydrogens is 306 g/mol. The molecule has 0 radical (unpaired) electrons. The summed E-state index contributed by atoms with van der Waals surface area (Å²) in [6.07, 6.45) is 0. The summed E-state index contributed by atoms with van der Waals surface area (Å²) in [5.41, 5.74) is 2.31. The number of ether oxygens (including phenoxy) is 2. The van der Waals surface area contributed by atoms with Crippen molar-refractivity contribution in [2.75, 3.05) is 34.4 Å². The highest BCUT2D eigenvalue weighted by molar-refractivity contribution is 5.82. The molecule has 1 aromatic carbocycles. The lowest BCUT2D eigenvalue weighted by atomic mass is 9.99. The number of nitrogens with zero attached hydrogens (tertiary/aromatic N) is 2. The van der Waals surface area contributed by atoms with E-state index >= 15 is 0 Å². The maximum atomic E-state index is 11.8. The molecule has 1 aromatic rings. The maximum Gasteiger partial charge on any atom is 0.310 e. The van der Waals surface area contributed by atoms with Gasteiger partial charge < -0.3 is 19.7 Å². The molecule has 132 valence electrons. The van der Waals surface area contributed by atoms with Gasteiger partial charge >= 0.3 is 5.97 Å². The fourth-order valence-corrected chi connectivity index (χ4v) is 3.11. The highest BCUT2D eigenvalue weighted by Crippen LogP contribution is 2.24. The van der Waals surface area contributed by atoms with Gasteiger partial charge in [0, 0.05) is 33.8 Å². The SMILES string of the molecule is CN=C(NCc1cccc(COC)c1)N1CC(C)C(C(=O)OC)C1. The maximum absolute atomic E-state index is 11.8. The fraction of sp³-hybridized carbons (Fsp3) is 0.556. The molecule has 0 amide bonds. The molecule has 2 unspecified atom stereocenters. The van der Waals surface area contributed by atoms with Crippen LogP contribution in [0.25, 0.3) is 0 Å². The summed E-state index contributed by atoms with van der Waals surface area (Å²) in [4.78, 5) is 18.3. The third kappa shape index (κ3) is 4.47. The molecule has 0 spiro atoms. The van der Waals surface area contributed by atoms with Crippen molar-refractivity contribution >= 4 is 11.9 Å². The van der Waals surface area contributed by atoms with Crippen LogP contribution in [0.1, 0.15) is 18.1 Å². The van der Waals surface area contributed by atoms with E-state index in [1.807, 2.05) is 12.1 Å². The van der Waals surface area contributed by atoms with E-state index in [0.29, 0.717) is 19.7 Å². The summed E-state index contributed by atoms with van der Waals surface area (Å²) < 4.78 is 10.1. The van der Waals surface area contributed by atoms with E-state index in [9.17, 15) is 4.79 Å². The average Bonchev–Trinajstić information content (AvgIpc) is 2.97. The second-order valence-corrected chi connectivity index (χ2v) is 6.17. The Morgan fingerprint density at radius 3 is 2.75 bits per heavy atom. The molecule has 1 saturated heterocycles. The third-order valence-electron chi connectivity index (χ3n) is 4.38. The van der Waals surface area contributed by atoms with E-state index in [4.69, 9.17) is 9.47 Å². The summed E-state index contributed by atoms with van der Waals surface area (Å²) in [5.74, 6) is 0.817. The van der Waals surface area contributed by atoms with Crippen LogP contribution in [0.5, 0.6) is 0 Å². The molecule has 1 fully saturated rings. The number of hydrogen-bond donors (Lipinski definition) is 1.